The van der Waals surface area contributed by atoms with Gasteiger partial charge in [0, 0.05) is 33.9 Å². The minimum absolute atomic E-state index is 0.0734. The van der Waals surface area contributed by atoms with E-state index in [0.717, 1.165) is 5.56 Å². The number of carbonyl (C=O) groups is 2. The SMILES string of the molecule is O=C1C[C@@H](c2ccc(Cl)cc2Cl)c2c(ccc3c2O/C(=C\c2cccnc2)C3=O)O1. The summed E-state index contributed by atoms with van der Waals surface area (Å²) >= 11 is 12.5. The van der Waals surface area contributed by atoms with Gasteiger partial charge in [-0.25, -0.2) is 0 Å². The molecule has 5 nitrogen and oxygen atoms in total. The number of hydrogen-bond acceptors (Lipinski definition) is 5. The highest BCUT2D eigenvalue weighted by Gasteiger charge is 2.39. The van der Waals surface area contributed by atoms with Crippen LogP contribution in [-0.2, 0) is 4.79 Å². The predicted molar refractivity (Wildman–Crippen MR) is 112 cm³/mol. The van der Waals surface area contributed by atoms with Crippen LogP contribution in [0, 0.1) is 0 Å². The molecule has 2 aliphatic heterocycles. The molecule has 2 aliphatic rings. The summed E-state index contributed by atoms with van der Waals surface area (Å²) in [6.07, 6.45) is 5.00. The number of carbonyl (C=O) groups excluding carboxylic acids is 2. The monoisotopic (exact) mass is 437 g/mol. The lowest BCUT2D eigenvalue weighted by Crippen LogP contribution is -2.21. The molecule has 0 saturated carbocycles. The number of halogens is 2. The highest BCUT2D eigenvalue weighted by Crippen LogP contribution is 2.50. The van der Waals surface area contributed by atoms with Gasteiger partial charge < -0.3 is 9.47 Å². The van der Waals surface area contributed by atoms with Gasteiger partial charge in [0.05, 0.1) is 12.0 Å². The number of Topliss-reactive ketones (excluding diaryl/α,β-unsaturated/α-hetero) is 1. The normalized spacial score (nSPS) is 18.6. The molecule has 1 aromatic heterocycles. The summed E-state index contributed by atoms with van der Waals surface area (Å²) in [4.78, 5) is 29.2. The minimum Gasteiger partial charge on any atom is -0.452 e. The average Bonchev–Trinajstić information content (AvgIpc) is 3.03. The molecule has 7 heteroatoms. The Morgan fingerprint density at radius 1 is 1.07 bits per heavy atom. The van der Waals surface area contributed by atoms with Crippen molar-refractivity contribution in [3.63, 3.8) is 0 Å². The number of fused-ring (bicyclic) bond motifs is 3. The molecule has 5 rings (SSSR count). The van der Waals surface area contributed by atoms with Gasteiger partial charge in [-0.3, -0.25) is 14.6 Å². The molecule has 0 fully saturated rings. The Morgan fingerprint density at radius 3 is 2.70 bits per heavy atom. The van der Waals surface area contributed by atoms with E-state index in [0.29, 0.717) is 38.2 Å². The van der Waals surface area contributed by atoms with Gasteiger partial charge in [-0.15, -0.1) is 0 Å². The Labute approximate surface area is 181 Å². The lowest BCUT2D eigenvalue weighted by atomic mass is 9.84. The van der Waals surface area contributed by atoms with Gasteiger partial charge in [-0.1, -0.05) is 35.3 Å². The number of pyridine rings is 1. The number of benzene rings is 2. The van der Waals surface area contributed by atoms with Crippen LogP contribution < -0.4 is 9.47 Å². The first-order valence-electron chi connectivity index (χ1n) is 9.18. The van der Waals surface area contributed by atoms with E-state index in [1.165, 1.54) is 0 Å². The number of allylic oxidation sites excluding steroid dienone is 1. The van der Waals surface area contributed by atoms with Crippen LogP contribution in [0.1, 0.15) is 39.4 Å². The van der Waals surface area contributed by atoms with Crippen LogP contribution in [-0.4, -0.2) is 16.7 Å². The van der Waals surface area contributed by atoms with E-state index in [9.17, 15) is 9.59 Å². The molecule has 0 amide bonds. The first kappa shape index (κ1) is 18.9. The fourth-order valence-electron chi connectivity index (χ4n) is 3.77. The van der Waals surface area contributed by atoms with Gasteiger partial charge in [0.1, 0.15) is 11.5 Å². The zero-order chi connectivity index (χ0) is 20.8. The zero-order valence-corrected chi connectivity index (χ0v) is 16.9. The predicted octanol–water partition coefficient (Wildman–Crippen LogP) is 5.45. The van der Waals surface area contributed by atoms with Gasteiger partial charge in [0.2, 0.25) is 5.78 Å². The largest absolute Gasteiger partial charge is 0.452 e. The van der Waals surface area contributed by atoms with Gasteiger partial charge in [0.25, 0.3) is 0 Å². The summed E-state index contributed by atoms with van der Waals surface area (Å²) < 4.78 is 11.4. The summed E-state index contributed by atoms with van der Waals surface area (Å²) in [5, 5.41) is 0.926. The summed E-state index contributed by atoms with van der Waals surface area (Å²) in [5.41, 5.74) is 2.50. The second-order valence-corrected chi connectivity index (χ2v) is 7.82. The lowest BCUT2D eigenvalue weighted by Gasteiger charge is -2.27. The van der Waals surface area contributed by atoms with Crippen LogP contribution >= 0.6 is 23.2 Å². The van der Waals surface area contributed by atoms with Crippen molar-refractivity contribution in [2.24, 2.45) is 0 Å². The Morgan fingerprint density at radius 2 is 1.93 bits per heavy atom. The van der Waals surface area contributed by atoms with E-state index in [1.54, 1.807) is 54.9 Å². The van der Waals surface area contributed by atoms with Crippen LogP contribution in [0.2, 0.25) is 10.0 Å². The van der Waals surface area contributed by atoms with E-state index in [-0.39, 0.29) is 23.9 Å². The number of esters is 1. The maximum absolute atomic E-state index is 12.9. The summed E-state index contributed by atoms with van der Waals surface area (Å²) in [6, 6.07) is 12.0. The number of aromatic nitrogens is 1. The topological polar surface area (TPSA) is 65.5 Å². The number of hydrogen-bond donors (Lipinski definition) is 0. The molecular formula is C23H13Cl2NO4. The highest BCUT2D eigenvalue weighted by atomic mass is 35.5. The van der Waals surface area contributed by atoms with Crippen molar-refractivity contribution in [1.82, 2.24) is 4.98 Å². The first-order chi connectivity index (χ1) is 14.5. The first-order valence-corrected chi connectivity index (χ1v) is 9.93. The molecule has 3 heterocycles. The minimum atomic E-state index is -0.425. The molecule has 1 atom stereocenters. The van der Waals surface area contributed by atoms with Crippen molar-refractivity contribution < 1.29 is 19.1 Å². The fourth-order valence-corrected chi connectivity index (χ4v) is 4.31. The van der Waals surface area contributed by atoms with Crippen molar-refractivity contribution in [2.45, 2.75) is 12.3 Å². The average molecular weight is 438 g/mol. The Bertz CT molecular complexity index is 1240. The van der Waals surface area contributed by atoms with Crippen molar-refractivity contribution in [2.75, 3.05) is 0 Å². The van der Waals surface area contributed by atoms with Crippen LogP contribution in [0.4, 0.5) is 0 Å². The van der Waals surface area contributed by atoms with Crippen molar-refractivity contribution in [3.8, 4) is 11.5 Å². The quantitative estimate of drug-likeness (QED) is 0.303. The maximum atomic E-state index is 12.9. The second-order valence-electron chi connectivity index (χ2n) is 6.98. The lowest BCUT2D eigenvalue weighted by molar-refractivity contribution is -0.135. The van der Waals surface area contributed by atoms with Crippen molar-refractivity contribution in [1.29, 1.82) is 0 Å². The van der Waals surface area contributed by atoms with Gasteiger partial charge in [-0.2, -0.15) is 0 Å². The molecule has 0 radical (unpaired) electrons. The van der Waals surface area contributed by atoms with Crippen LogP contribution in [0.25, 0.3) is 6.08 Å². The Kier molecular flexibility index (Phi) is 4.57. The summed E-state index contributed by atoms with van der Waals surface area (Å²) in [6.45, 7) is 0. The number of ketones is 1. The zero-order valence-electron chi connectivity index (χ0n) is 15.4. The van der Waals surface area contributed by atoms with Crippen LogP contribution in [0.5, 0.6) is 11.5 Å². The molecule has 0 saturated heterocycles. The summed E-state index contributed by atoms with van der Waals surface area (Å²) in [7, 11) is 0. The third-order valence-corrected chi connectivity index (χ3v) is 5.66. The van der Waals surface area contributed by atoms with E-state index in [1.807, 2.05) is 6.07 Å². The number of nitrogens with zero attached hydrogens (tertiary/aromatic N) is 1. The maximum Gasteiger partial charge on any atom is 0.312 e. The molecule has 30 heavy (non-hydrogen) atoms. The molecule has 0 bridgehead atoms. The molecule has 2 aromatic carbocycles. The van der Waals surface area contributed by atoms with Gasteiger partial charge >= 0.3 is 5.97 Å². The highest BCUT2D eigenvalue weighted by molar-refractivity contribution is 6.35. The van der Waals surface area contributed by atoms with Crippen molar-refractivity contribution >= 4 is 41.0 Å². The Hall–Kier alpha value is -3.15. The molecule has 0 spiro atoms. The van der Waals surface area contributed by atoms with E-state index in [2.05, 4.69) is 4.98 Å². The third kappa shape index (κ3) is 3.16. The molecule has 148 valence electrons. The molecule has 0 aliphatic carbocycles. The van der Waals surface area contributed by atoms with Crippen LogP contribution in [0.3, 0.4) is 0 Å². The second kappa shape index (κ2) is 7.27. The molecular weight excluding hydrogens is 425 g/mol. The molecule has 3 aromatic rings. The Balaban J connectivity index is 1.64. The van der Waals surface area contributed by atoms with E-state index in [4.69, 9.17) is 32.7 Å². The van der Waals surface area contributed by atoms with Gasteiger partial charge in [-0.05, 0) is 47.5 Å². The van der Waals surface area contributed by atoms with E-state index >= 15 is 0 Å². The van der Waals surface area contributed by atoms with Crippen LogP contribution in [0.15, 0.2) is 60.6 Å². The number of ether oxygens (including phenoxy) is 2. The third-order valence-electron chi connectivity index (χ3n) is 5.10. The molecule has 0 N–H and O–H groups in total. The number of rotatable bonds is 2. The fraction of sp³-hybridized carbons (Fsp3) is 0.0870. The smallest absolute Gasteiger partial charge is 0.312 e. The van der Waals surface area contributed by atoms with Crippen molar-refractivity contribution in [3.05, 3.63) is 92.9 Å². The summed E-state index contributed by atoms with van der Waals surface area (Å²) in [5.74, 6) is -0.119. The molecule has 0 unspecified atom stereocenters. The van der Waals surface area contributed by atoms with E-state index < -0.39 is 5.92 Å². The van der Waals surface area contributed by atoms with Gasteiger partial charge in [0.15, 0.2) is 5.76 Å². The standard InChI is InChI=1S/C23H13Cl2NO4/c24-13-3-4-14(17(25)9-13)16-10-20(27)29-18-6-5-15-22(28)19(30-23(15)21(16)18)8-12-2-1-7-26-11-12/h1-9,11,16H,10H2/b19-8-/t16-/m0/s1.